The number of nitrogens with one attached hydrogen (secondary N) is 1. The zero-order chi connectivity index (χ0) is 11.8. The lowest BCUT2D eigenvalue weighted by Gasteiger charge is -2.02. The van der Waals surface area contributed by atoms with E-state index >= 15 is 0 Å². The van der Waals surface area contributed by atoms with Crippen molar-refractivity contribution < 1.29 is 4.74 Å². The quantitative estimate of drug-likeness (QED) is 0.710. The maximum absolute atomic E-state index is 4.96. The Hall–Kier alpha value is -0.450. The van der Waals surface area contributed by atoms with Crippen LogP contribution in [0.25, 0.3) is 0 Å². The summed E-state index contributed by atoms with van der Waals surface area (Å²) in [6.45, 7) is 7.05. The molecule has 0 bridgehead atoms. The van der Waals surface area contributed by atoms with E-state index in [4.69, 9.17) is 4.74 Å². The third kappa shape index (κ3) is 5.05. The van der Waals surface area contributed by atoms with Gasteiger partial charge in [-0.25, -0.2) is 4.98 Å². The van der Waals surface area contributed by atoms with Crippen LogP contribution in [0.15, 0.2) is 0 Å². The first-order valence-electron chi connectivity index (χ1n) is 5.86. The van der Waals surface area contributed by atoms with E-state index in [2.05, 4.69) is 24.1 Å². The Kier molecular flexibility index (Phi) is 6.61. The molecule has 0 saturated carbocycles. The largest absolute Gasteiger partial charge is 0.383 e. The minimum Gasteiger partial charge on any atom is -0.383 e. The van der Waals surface area contributed by atoms with Gasteiger partial charge in [0.05, 0.1) is 17.3 Å². The summed E-state index contributed by atoms with van der Waals surface area (Å²) in [7, 11) is 1.73. The van der Waals surface area contributed by atoms with Crippen molar-refractivity contribution in [2.24, 2.45) is 0 Å². The molecule has 0 amide bonds. The highest BCUT2D eigenvalue weighted by Gasteiger charge is 2.02. The van der Waals surface area contributed by atoms with Crippen LogP contribution in [0.2, 0.25) is 0 Å². The summed E-state index contributed by atoms with van der Waals surface area (Å²) < 4.78 is 4.96. The summed E-state index contributed by atoms with van der Waals surface area (Å²) >= 11 is 1.83. The predicted molar refractivity (Wildman–Crippen MR) is 69.3 cm³/mol. The van der Waals surface area contributed by atoms with Gasteiger partial charge in [-0.15, -0.1) is 11.3 Å². The highest BCUT2D eigenvalue weighted by molar-refractivity contribution is 7.11. The summed E-state index contributed by atoms with van der Waals surface area (Å²) in [5, 5.41) is 4.63. The van der Waals surface area contributed by atoms with Gasteiger partial charge in [0.15, 0.2) is 0 Å². The molecule has 0 aromatic carbocycles. The van der Waals surface area contributed by atoms with Crippen LogP contribution >= 0.6 is 11.3 Å². The predicted octanol–water partition coefficient (Wildman–Crippen LogP) is 2.32. The Morgan fingerprint density at radius 2 is 2.06 bits per heavy atom. The molecular formula is C12H22N2OS. The van der Waals surface area contributed by atoms with E-state index in [1.54, 1.807) is 7.11 Å². The molecule has 1 aromatic rings. The Morgan fingerprint density at radius 3 is 2.69 bits per heavy atom. The van der Waals surface area contributed by atoms with Gasteiger partial charge in [0, 0.05) is 18.5 Å². The van der Waals surface area contributed by atoms with Gasteiger partial charge in [0.2, 0.25) is 0 Å². The Bertz CT molecular complexity index is 280. The summed E-state index contributed by atoms with van der Waals surface area (Å²) in [4.78, 5) is 5.89. The molecule has 16 heavy (non-hydrogen) atoms. The van der Waals surface area contributed by atoms with Gasteiger partial charge in [-0.2, -0.15) is 0 Å². The first kappa shape index (κ1) is 13.6. The van der Waals surface area contributed by atoms with E-state index in [1.807, 2.05) is 11.3 Å². The van der Waals surface area contributed by atoms with Crippen molar-refractivity contribution in [3.63, 3.8) is 0 Å². The van der Waals surface area contributed by atoms with Crippen molar-refractivity contribution in [1.29, 1.82) is 0 Å². The van der Waals surface area contributed by atoms with Gasteiger partial charge in [-0.05, 0) is 39.7 Å². The van der Waals surface area contributed by atoms with E-state index in [0.29, 0.717) is 0 Å². The molecule has 0 aliphatic heterocycles. The second-order valence-electron chi connectivity index (χ2n) is 3.95. The number of aromatic nitrogens is 1. The lowest BCUT2D eigenvalue weighted by Crippen LogP contribution is -2.20. The molecule has 1 heterocycles. The average molecular weight is 242 g/mol. The van der Waals surface area contributed by atoms with Crippen LogP contribution in [0.5, 0.6) is 0 Å². The maximum atomic E-state index is 4.96. The molecule has 0 spiro atoms. The van der Waals surface area contributed by atoms with Gasteiger partial charge >= 0.3 is 0 Å². The van der Waals surface area contributed by atoms with Crippen LogP contribution in [-0.2, 0) is 11.2 Å². The van der Waals surface area contributed by atoms with Crippen LogP contribution < -0.4 is 5.32 Å². The molecule has 1 rings (SSSR count). The monoisotopic (exact) mass is 242 g/mol. The molecule has 4 heteroatoms. The summed E-state index contributed by atoms with van der Waals surface area (Å²) in [6.07, 6.45) is 3.54. The fraction of sp³-hybridized carbons (Fsp3) is 0.750. The molecule has 92 valence electrons. The Balaban J connectivity index is 2.03. The first-order chi connectivity index (χ1) is 7.74. The minimum absolute atomic E-state index is 0.796. The molecule has 0 fully saturated rings. The molecule has 0 aliphatic rings. The van der Waals surface area contributed by atoms with Crippen LogP contribution in [0.3, 0.4) is 0 Å². The Labute approximate surface area is 102 Å². The summed E-state index contributed by atoms with van der Waals surface area (Å²) in [5.74, 6) is 0. The summed E-state index contributed by atoms with van der Waals surface area (Å²) in [5.41, 5.74) is 1.19. The van der Waals surface area contributed by atoms with Crippen molar-refractivity contribution >= 4 is 11.3 Å². The van der Waals surface area contributed by atoms with Crippen LogP contribution in [0.1, 0.15) is 28.4 Å². The fourth-order valence-corrected chi connectivity index (χ4v) is 2.45. The van der Waals surface area contributed by atoms with Gasteiger partial charge in [0.25, 0.3) is 0 Å². The zero-order valence-corrected chi connectivity index (χ0v) is 11.3. The number of thiazole rings is 1. The van der Waals surface area contributed by atoms with Gasteiger partial charge in [-0.1, -0.05) is 0 Å². The number of methoxy groups -OCH3 is 1. The molecule has 0 aliphatic carbocycles. The molecule has 0 saturated heterocycles. The van der Waals surface area contributed by atoms with Crippen LogP contribution in [0.4, 0.5) is 0 Å². The van der Waals surface area contributed by atoms with E-state index in [1.165, 1.54) is 28.4 Å². The topological polar surface area (TPSA) is 34.1 Å². The molecule has 1 N–H and O–H groups in total. The van der Waals surface area contributed by atoms with Crippen molar-refractivity contribution in [2.45, 2.75) is 33.1 Å². The van der Waals surface area contributed by atoms with Crippen molar-refractivity contribution in [3.8, 4) is 0 Å². The standard InChI is InChI=1S/C12H22N2OS/c1-10-11(2)16-12(14-10)6-4-5-7-13-8-9-15-3/h13H,4-9H2,1-3H3. The van der Waals surface area contributed by atoms with Crippen molar-refractivity contribution in [1.82, 2.24) is 10.3 Å². The van der Waals surface area contributed by atoms with Gasteiger partial charge in [0.1, 0.15) is 0 Å². The van der Waals surface area contributed by atoms with E-state index in [9.17, 15) is 0 Å². The molecule has 1 aromatic heterocycles. The molecule has 0 unspecified atom stereocenters. The number of nitrogens with zero attached hydrogens (tertiary/aromatic N) is 1. The fourth-order valence-electron chi connectivity index (χ4n) is 1.47. The Morgan fingerprint density at radius 1 is 1.25 bits per heavy atom. The average Bonchev–Trinajstić information content (AvgIpc) is 2.57. The zero-order valence-electron chi connectivity index (χ0n) is 10.5. The minimum atomic E-state index is 0.796. The third-order valence-corrected chi connectivity index (χ3v) is 3.68. The number of hydrogen-bond donors (Lipinski definition) is 1. The van der Waals surface area contributed by atoms with Crippen molar-refractivity contribution in [2.75, 3.05) is 26.8 Å². The lowest BCUT2D eigenvalue weighted by molar-refractivity contribution is 0.199. The second-order valence-corrected chi connectivity index (χ2v) is 5.24. The second kappa shape index (κ2) is 7.76. The molecular weight excluding hydrogens is 220 g/mol. The number of aryl methyl sites for hydroxylation is 3. The number of hydrogen-bond acceptors (Lipinski definition) is 4. The van der Waals surface area contributed by atoms with Gasteiger partial charge < -0.3 is 10.1 Å². The van der Waals surface area contributed by atoms with Crippen LogP contribution in [-0.4, -0.2) is 31.8 Å². The van der Waals surface area contributed by atoms with Crippen LogP contribution in [0, 0.1) is 13.8 Å². The number of rotatable bonds is 8. The molecule has 0 radical (unpaired) electrons. The van der Waals surface area contributed by atoms with E-state index in [-0.39, 0.29) is 0 Å². The van der Waals surface area contributed by atoms with Gasteiger partial charge in [-0.3, -0.25) is 0 Å². The highest BCUT2D eigenvalue weighted by Crippen LogP contribution is 2.17. The SMILES string of the molecule is COCCNCCCCc1nc(C)c(C)s1. The normalized spacial score (nSPS) is 10.9. The van der Waals surface area contributed by atoms with Crippen molar-refractivity contribution in [3.05, 3.63) is 15.6 Å². The summed E-state index contributed by atoms with van der Waals surface area (Å²) in [6, 6.07) is 0. The first-order valence-corrected chi connectivity index (χ1v) is 6.68. The third-order valence-electron chi connectivity index (χ3n) is 2.55. The number of unbranched alkanes of at least 4 members (excludes halogenated alkanes) is 1. The molecule has 0 atom stereocenters. The maximum Gasteiger partial charge on any atom is 0.0930 e. The highest BCUT2D eigenvalue weighted by atomic mass is 32.1. The van der Waals surface area contributed by atoms with E-state index in [0.717, 1.165) is 26.1 Å². The number of ether oxygens (including phenoxy) is 1. The smallest absolute Gasteiger partial charge is 0.0930 e. The molecule has 3 nitrogen and oxygen atoms in total. The lowest BCUT2D eigenvalue weighted by atomic mass is 10.2. The van der Waals surface area contributed by atoms with E-state index < -0.39 is 0 Å².